The fraction of sp³-hybridized carbons (Fsp3) is 1.00. The van der Waals surface area contributed by atoms with E-state index in [-0.39, 0.29) is 0 Å². The van der Waals surface area contributed by atoms with Crippen LogP contribution >= 0.6 is 12.6 Å². The van der Waals surface area contributed by atoms with Crippen LogP contribution in [0.1, 0.15) is 0 Å². The van der Waals surface area contributed by atoms with Crippen LogP contribution < -0.4 is 0 Å². The van der Waals surface area contributed by atoms with Gasteiger partial charge in [0, 0.05) is 0 Å². The third kappa shape index (κ3) is 2.66. The minimum Gasteiger partial charge on any atom is -0.394 e. The van der Waals surface area contributed by atoms with E-state index >= 15 is 0 Å². The second-order valence-electron chi connectivity index (χ2n) is 3.70. The normalized spacial score (nSPS) is 44.1. The summed E-state index contributed by atoms with van der Waals surface area (Å²) in [5, 5.41) is 55.5. The lowest BCUT2D eigenvalue weighted by Gasteiger charge is -2.41. The minimum absolute atomic E-state index is 0.719. The molecule has 6 N–H and O–H groups in total. The van der Waals surface area contributed by atoms with Gasteiger partial charge in [0.25, 0.3) is 0 Å². The molecule has 1 aliphatic heterocycles. The molecule has 1 fully saturated rings. The van der Waals surface area contributed by atoms with Gasteiger partial charge in [0.05, 0.1) is 6.61 Å². The number of ether oxygens (including phenoxy) is 1. The summed E-state index contributed by atoms with van der Waals surface area (Å²) in [4.78, 5) is 0. The summed E-state index contributed by atoms with van der Waals surface area (Å²) in [7, 11) is 0. The van der Waals surface area contributed by atoms with Crippen LogP contribution in [0.4, 0.5) is 0 Å². The molecule has 0 radical (unpaired) electrons. The zero-order chi connectivity index (χ0) is 12.5. The van der Waals surface area contributed by atoms with E-state index in [4.69, 9.17) is 9.84 Å². The number of thiol groups is 1. The molecule has 96 valence electrons. The van der Waals surface area contributed by atoms with Crippen LogP contribution in [0.3, 0.4) is 0 Å². The van der Waals surface area contributed by atoms with Gasteiger partial charge in [0.15, 0.2) is 0 Å². The van der Waals surface area contributed by atoms with Crippen LogP contribution in [0.2, 0.25) is 0 Å². The Kier molecular flexibility index (Phi) is 4.95. The third-order valence-electron chi connectivity index (χ3n) is 2.54. The lowest BCUT2D eigenvalue weighted by atomic mass is 9.94. The minimum atomic E-state index is -1.59. The Balaban J connectivity index is 2.73. The number of aliphatic hydroxyl groups excluding tert-OH is 6. The lowest BCUT2D eigenvalue weighted by molar-refractivity contribution is -0.232. The molecule has 16 heavy (non-hydrogen) atoms. The number of hydrogen-bond donors (Lipinski definition) is 7. The first kappa shape index (κ1) is 14.1. The molecule has 1 heterocycles. The van der Waals surface area contributed by atoms with Crippen molar-refractivity contribution in [3.63, 3.8) is 0 Å². The molecule has 0 bridgehead atoms. The molecule has 0 aromatic heterocycles. The number of rotatable bonds is 3. The van der Waals surface area contributed by atoms with Crippen LogP contribution in [0.15, 0.2) is 0 Å². The molecule has 1 saturated heterocycles. The molecule has 1 aliphatic rings. The first-order valence-electron chi connectivity index (χ1n) is 4.75. The SMILES string of the molecule is OC[C@H](O)[C@@H](O)[C@H]1O[C@H](S)[C@H](O)[C@@H](O)[C@H]1O. The van der Waals surface area contributed by atoms with E-state index in [1.165, 1.54) is 0 Å². The molecule has 7 atom stereocenters. The van der Waals surface area contributed by atoms with Crippen LogP contribution in [-0.2, 0) is 4.74 Å². The van der Waals surface area contributed by atoms with Gasteiger partial charge in [-0.15, -0.1) is 12.6 Å². The summed E-state index contributed by atoms with van der Waals surface area (Å²) < 4.78 is 4.95. The fourth-order valence-electron chi connectivity index (χ4n) is 1.50. The van der Waals surface area contributed by atoms with Crippen molar-refractivity contribution >= 4 is 12.6 Å². The van der Waals surface area contributed by atoms with Crippen molar-refractivity contribution in [2.24, 2.45) is 0 Å². The maximum Gasteiger partial charge on any atom is 0.129 e. The zero-order valence-electron chi connectivity index (χ0n) is 8.29. The predicted molar refractivity (Wildman–Crippen MR) is 54.8 cm³/mol. The smallest absolute Gasteiger partial charge is 0.129 e. The molecular weight excluding hydrogens is 240 g/mol. The first-order valence-corrected chi connectivity index (χ1v) is 5.26. The van der Waals surface area contributed by atoms with E-state index in [0.29, 0.717) is 0 Å². The van der Waals surface area contributed by atoms with Crippen LogP contribution in [0.25, 0.3) is 0 Å². The van der Waals surface area contributed by atoms with Crippen molar-refractivity contribution in [1.82, 2.24) is 0 Å². The van der Waals surface area contributed by atoms with E-state index in [0.717, 1.165) is 0 Å². The molecule has 0 saturated carbocycles. The summed E-state index contributed by atoms with van der Waals surface area (Å²) in [6, 6.07) is 0. The molecule has 0 aliphatic carbocycles. The van der Waals surface area contributed by atoms with E-state index in [2.05, 4.69) is 12.6 Å². The predicted octanol–water partition coefficient (Wildman–Crippen LogP) is -3.56. The number of aliphatic hydroxyl groups is 6. The molecule has 7 nitrogen and oxygen atoms in total. The first-order chi connectivity index (χ1) is 7.40. The van der Waals surface area contributed by atoms with Crippen molar-refractivity contribution in [3.05, 3.63) is 0 Å². The Morgan fingerprint density at radius 2 is 1.62 bits per heavy atom. The molecule has 0 unspecified atom stereocenters. The highest BCUT2D eigenvalue weighted by atomic mass is 32.1. The van der Waals surface area contributed by atoms with Gasteiger partial charge >= 0.3 is 0 Å². The van der Waals surface area contributed by atoms with Crippen molar-refractivity contribution < 1.29 is 35.4 Å². The molecule has 0 aromatic carbocycles. The summed E-state index contributed by atoms with van der Waals surface area (Å²) >= 11 is 3.81. The highest BCUT2D eigenvalue weighted by Crippen LogP contribution is 2.26. The summed E-state index contributed by atoms with van der Waals surface area (Å²) in [6.07, 6.45) is -8.94. The monoisotopic (exact) mass is 256 g/mol. The summed E-state index contributed by atoms with van der Waals surface area (Å²) in [5.41, 5.74) is -1.09. The highest BCUT2D eigenvalue weighted by Gasteiger charge is 2.46. The van der Waals surface area contributed by atoms with Crippen molar-refractivity contribution in [2.75, 3.05) is 6.61 Å². The second kappa shape index (κ2) is 5.61. The van der Waals surface area contributed by atoms with Crippen LogP contribution in [0, 0.1) is 0 Å². The van der Waals surface area contributed by atoms with E-state index in [1.807, 2.05) is 0 Å². The average Bonchev–Trinajstić information content (AvgIpc) is 2.29. The Morgan fingerprint density at radius 1 is 1.06 bits per heavy atom. The summed E-state index contributed by atoms with van der Waals surface area (Å²) in [5.74, 6) is 0. The molecule has 8 heteroatoms. The Bertz CT molecular complexity index is 224. The maximum atomic E-state index is 9.52. The average molecular weight is 256 g/mol. The fourth-order valence-corrected chi connectivity index (χ4v) is 1.81. The summed E-state index contributed by atoms with van der Waals surface area (Å²) in [6.45, 7) is -0.719. The zero-order valence-corrected chi connectivity index (χ0v) is 9.18. The number of hydrogen-bond acceptors (Lipinski definition) is 8. The van der Waals surface area contributed by atoms with Gasteiger partial charge in [0.2, 0.25) is 0 Å². The molecular formula is C8H16O7S. The van der Waals surface area contributed by atoms with Crippen molar-refractivity contribution in [1.29, 1.82) is 0 Å². The van der Waals surface area contributed by atoms with Gasteiger partial charge in [-0.1, -0.05) is 0 Å². The standard InChI is InChI=1S/C8H16O7S/c9-1-2(10)3(11)7-5(13)4(12)6(14)8(16)15-7/h2-14,16H,1H2/t2-,3+,4-,5+,6+,7+,8+/m0/s1. The maximum absolute atomic E-state index is 9.52. The second-order valence-corrected chi connectivity index (χ2v) is 4.21. The van der Waals surface area contributed by atoms with E-state index in [1.54, 1.807) is 0 Å². The molecule has 0 spiro atoms. The van der Waals surface area contributed by atoms with Gasteiger partial charge in [0.1, 0.15) is 42.1 Å². The van der Waals surface area contributed by atoms with Crippen molar-refractivity contribution in [3.8, 4) is 0 Å². The van der Waals surface area contributed by atoms with Gasteiger partial charge in [-0.3, -0.25) is 0 Å². The Morgan fingerprint density at radius 3 is 2.12 bits per heavy atom. The van der Waals surface area contributed by atoms with E-state index < -0.39 is 48.7 Å². The van der Waals surface area contributed by atoms with Gasteiger partial charge in [-0.25, -0.2) is 0 Å². The van der Waals surface area contributed by atoms with Gasteiger partial charge < -0.3 is 35.4 Å². The van der Waals surface area contributed by atoms with Crippen molar-refractivity contribution in [2.45, 2.75) is 42.1 Å². The van der Waals surface area contributed by atoms with E-state index in [9.17, 15) is 25.5 Å². The molecule has 1 rings (SSSR count). The van der Waals surface area contributed by atoms with Crippen LogP contribution in [0.5, 0.6) is 0 Å². The Labute approximate surface area is 97.3 Å². The largest absolute Gasteiger partial charge is 0.394 e. The topological polar surface area (TPSA) is 131 Å². The van der Waals surface area contributed by atoms with Gasteiger partial charge in [-0.05, 0) is 0 Å². The lowest BCUT2D eigenvalue weighted by Crippen LogP contribution is -2.61. The van der Waals surface area contributed by atoms with Crippen LogP contribution in [-0.4, -0.2) is 79.3 Å². The quantitative estimate of drug-likeness (QED) is 0.260. The third-order valence-corrected chi connectivity index (χ3v) is 2.97. The molecule has 0 amide bonds. The van der Waals surface area contributed by atoms with Gasteiger partial charge in [-0.2, -0.15) is 0 Å². The highest BCUT2D eigenvalue weighted by molar-refractivity contribution is 7.80. The Hall–Kier alpha value is 0.0700. The molecule has 0 aromatic rings.